The van der Waals surface area contributed by atoms with Crippen molar-refractivity contribution in [2.75, 3.05) is 25.5 Å². The molecule has 2 amide bonds. The lowest BCUT2D eigenvalue weighted by atomic mass is 10.2. The van der Waals surface area contributed by atoms with E-state index in [4.69, 9.17) is 21.4 Å². The van der Waals surface area contributed by atoms with Crippen LogP contribution < -0.4 is 5.32 Å². The van der Waals surface area contributed by atoms with Crippen LogP contribution in [0.3, 0.4) is 0 Å². The first-order valence-corrected chi connectivity index (χ1v) is 6.43. The number of ether oxygens (including phenoxy) is 1. The summed E-state index contributed by atoms with van der Waals surface area (Å²) in [7, 11) is 1.43. The second kappa shape index (κ2) is 7.49. The van der Waals surface area contributed by atoms with Crippen molar-refractivity contribution in [1.29, 1.82) is 0 Å². The zero-order valence-electron chi connectivity index (χ0n) is 11.6. The third-order valence-electron chi connectivity index (χ3n) is 2.47. The average Bonchev–Trinajstić information content (AvgIpc) is 2.38. The Bertz CT molecular complexity index is 561. The maximum absolute atomic E-state index is 11.8. The molecule has 0 radical (unpaired) electrons. The van der Waals surface area contributed by atoms with Crippen LogP contribution in [-0.2, 0) is 9.53 Å². The largest absolute Gasteiger partial charge is 0.478 e. The summed E-state index contributed by atoms with van der Waals surface area (Å²) in [6, 6.07) is 3.47. The van der Waals surface area contributed by atoms with Gasteiger partial charge in [-0.3, -0.25) is 4.79 Å². The maximum Gasteiger partial charge on any atom is 0.337 e. The molecule has 1 rings (SSSR count). The highest BCUT2D eigenvalue weighted by atomic mass is 35.5. The van der Waals surface area contributed by atoms with Gasteiger partial charge in [0.05, 0.1) is 17.2 Å². The molecule has 0 saturated heterocycles. The first-order valence-electron chi connectivity index (χ1n) is 6.05. The minimum absolute atomic E-state index is 0.00773. The van der Waals surface area contributed by atoms with Crippen LogP contribution in [0.5, 0.6) is 0 Å². The number of likely N-dealkylation sites (N-methyl/N-ethyl adjacent to an activating group) is 1. The van der Waals surface area contributed by atoms with E-state index >= 15 is 0 Å². The van der Waals surface area contributed by atoms with Gasteiger partial charge >= 0.3 is 18.0 Å². The van der Waals surface area contributed by atoms with Crippen LogP contribution in [-0.4, -0.2) is 48.2 Å². The first-order chi connectivity index (χ1) is 9.85. The van der Waals surface area contributed by atoms with Crippen molar-refractivity contribution in [2.45, 2.75) is 6.92 Å². The zero-order chi connectivity index (χ0) is 16.0. The summed E-state index contributed by atoms with van der Waals surface area (Å²) in [5, 5.41) is 11.4. The molecule has 0 aliphatic rings. The second-order valence-corrected chi connectivity index (χ2v) is 4.50. The molecule has 0 fully saturated rings. The number of carbonyl (C=O) groups is 3. The summed E-state index contributed by atoms with van der Waals surface area (Å²) in [6.45, 7) is 1.71. The molecule has 21 heavy (non-hydrogen) atoms. The number of carbonyl (C=O) groups excluding carboxylic acids is 2. The number of hydrogen-bond donors (Lipinski definition) is 2. The molecule has 8 heteroatoms. The number of halogens is 1. The lowest BCUT2D eigenvalue weighted by Gasteiger charge is -2.17. The quantitative estimate of drug-likeness (QED) is 0.811. The molecule has 1 aromatic carbocycles. The van der Waals surface area contributed by atoms with Crippen LogP contribution in [0.4, 0.5) is 10.5 Å². The molecule has 1 aromatic rings. The number of carboxylic acid groups (broad SMARTS) is 1. The molecule has 7 nitrogen and oxygen atoms in total. The molecule has 114 valence electrons. The topological polar surface area (TPSA) is 95.9 Å². The summed E-state index contributed by atoms with van der Waals surface area (Å²) in [4.78, 5) is 35.0. The van der Waals surface area contributed by atoms with Crippen LogP contribution in [0.15, 0.2) is 18.2 Å². The van der Waals surface area contributed by atoms with Crippen molar-refractivity contribution in [3.05, 3.63) is 28.8 Å². The van der Waals surface area contributed by atoms with Crippen molar-refractivity contribution in [3.63, 3.8) is 0 Å². The number of carboxylic acids is 1. The van der Waals surface area contributed by atoms with Crippen molar-refractivity contribution < 1.29 is 24.2 Å². The Labute approximate surface area is 126 Å². The van der Waals surface area contributed by atoms with Gasteiger partial charge in [-0.25, -0.2) is 9.59 Å². The van der Waals surface area contributed by atoms with Gasteiger partial charge in [0.1, 0.15) is 6.54 Å². The van der Waals surface area contributed by atoms with E-state index in [2.05, 4.69) is 5.32 Å². The Hall–Kier alpha value is -2.28. The van der Waals surface area contributed by atoms with Gasteiger partial charge in [-0.1, -0.05) is 11.6 Å². The number of amides is 2. The number of anilines is 1. The number of rotatable bonds is 5. The van der Waals surface area contributed by atoms with E-state index < -0.39 is 18.0 Å². The van der Waals surface area contributed by atoms with E-state index in [0.29, 0.717) is 5.69 Å². The van der Waals surface area contributed by atoms with Crippen LogP contribution in [0.25, 0.3) is 0 Å². The molecule has 0 aliphatic carbocycles. The zero-order valence-corrected chi connectivity index (χ0v) is 12.3. The Morgan fingerprint density at radius 3 is 2.57 bits per heavy atom. The molecule has 2 N–H and O–H groups in total. The molecule has 0 bridgehead atoms. The van der Waals surface area contributed by atoms with Crippen LogP contribution >= 0.6 is 11.6 Å². The van der Waals surface area contributed by atoms with E-state index in [9.17, 15) is 14.4 Å². The highest BCUT2D eigenvalue weighted by molar-refractivity contribution is 6.33. The number of esters is 1. The van der Waals surface area contributed by atoms with E-state index in [1.165, 1.54) is 25.2 Å². The highest BCUT2D eigenvalue weighted by Crippen LogP contribution is 2.21. The monoisotopic (exact) mass is 314 g/mol. The van der Waals surface area contributed by atoms with Gasteiger partial charge in [-0.15, -0.1) is 0 Å². The predicted molar refractivity (Wildman–Crippen MR) is 76.7 cm³/mol. The number of nitrogens with one attached hydrogen (secondary N) is 1. The fourth-order valence-corrected chi connectivity index (χ4v) is 1.72. The summed E-state index contributed by atoms with van der Waals surface area (Å²) in [5.74, 6) is -1.67. The average molecular weight is 315 g/mol. The van der Waals surface area contributed by atoms with Gasteiger partial charge in [0, 0.05) is 12.7 Å². The van der Waals surface area contributed by atoms with Crippen molar-refractivity contribution >= 4 is 35.3 Å². The van der Waals surface area contributed by atoms with Gasteiger partial charge in [0.15, 0.2) is 0 Å². The fraction of sp³-hybridized carbons (Fsp3) is 0.308. The highest BCUT2D eigenvalue weighted by Gasteiger charge is 2.15. The van der Waals surface area contributed by atoms with Crippen LogP contribution in [0.2, 0.25) is 5.02 Å². The number of urea groups is 1. The van der Waals surface area contributed by atoms with E-state index in [1.54, 1.807) is 6.92 Å². The summed E-state index contributed by atoms with van der Waals surface area (Å²) in [6.07, 6.45) is 0. The van der Waals surface area contributed by atoms with Crippen molar-refractivity contribution in [1.82, 2.24) is 4.90 Å². The number of benzene rings is 1. The Balaban J connectivity index is 2.68. The molecule has 0 saturated carbocycles. The molecule has 0 spiro atoms. The molecule has 0 aliphatic heterocycles. The molecular weight excluding hydrogens is 300 g/mol. The van der Waals surface area contributed by atoms with E-state index in [0.717, 1.165) is 4.90 Å². The lowest BCUT2D eigenvalue weighted by Crippen LogP contribution is -2.36. The van der Waals surface area contributed by atoms with E-state index in [-0.39, 0.29) is 23.7 Å². The van der Waals surface area contributed by atoms with Gasteiger partial charge in [-0.2, -0.15) is 0 Å². The van der Waals surface area contributed by atoms with E-state index in [1.807, 2.05) is 0 Å². The Kier molecular flexibility index (Phi) is 5.98. The van der Waals surface area contributed by atoms with Gasteiger partial charge in [0.25, 0.3) is 0 Å². The number of hydrogen-bond acceptors (Lipinski definition) is 4. The van der Waals surface area contributed by atoms with Crippen LogP contribution in [0, 0.1) is 0 Å². The molecule has 0 aromatic heterocycles. The van der Waals surface area contributed by atoms with Gasteiger partial charge in [-0.05, 0) is 25.1 Å². The predicted octanol–water partition coefficient (Wildman–Crippen LogP) is 2.07. The Morgan fingerprint density at radius 2 is 2.05 bits per heavy atom. The second-order valence-electron chi connectivity index (χ2n) is 4.09. The molecule has 0 heterocycles. The van der Waals surface area contributed by atoms with Crippen molar-refractivity contribution in [2.24, 2.45) is 0 Å². The minimum atomic E-state index is -1.16. The number of aromatic carboxylic acids is 1. The van der Waals surface area contributed by atoms with Crippen molar-refractivity contribution in [3.8, 4) is 0 Å². The molecular formula is C13H15ClN2O5. The Morgan fingerprint density at radius 1 is 1.38 bits per heavy atom. The summed E-state index contributed by atoms with van der Waals surface area (Å²) >= 11 is 5.79. The number of nitrogens with zero attached hydrogens (tertiary/aromatic N) is 1. The minimum Gasteiger partial charge on any atom is -0.478 e. The normalized spacial score (nSPS) is 9.86. The molecule has 0 atom stereocenters. The van der Waals surface area contributed by atoms with Crippen LogP contribution in [0.1, 0.15) is 17.3 Å². The third kappa shape index (κ3) is 4.96. The maximum atomic E-state index is 11.8. The first kappa shape index (κ1) is 16.8. The lowest BCUT2D eigenvalue weighted by molar-refractivity contribution is -0.143. The third-order valence-corrected chi connectivity index (χ3v) is 2.78. The fourth-order valence-electron chi connectivity index (χ4n) is 1.46. The standard InChI is InChI=1S/C13H15ClN2O5/c1-3-21-11(17)7-16(2)13(20)15-8-4-5-9(12(18)19)10(14)6-8/h4-6H,3,7H2,1-2H3,(H,15,20)(H,18,19). The molecule has 0 unspecified atom stereocenters. The smallest absolute Gasteiger partial charge is 0.337 e. The van der Waals surface area contributed by atoms with Gasteiger partial charge in [0.2, 0.25) is 0 Å². The summed E-state index contributed by atoms with van der Waals surface area (Å²) in [5.41, 5.74) is 0.264. The summed E-state index contributed by atoms with van der Waals surface area (Å²) < 4.78 is 4.73. The SMILES string of the molecule is CCOC(=O)CN(C)C(=O)Nc1ccc(C(=O)O)c(Cl)c1. The van der Waals surface area contributed by atoms with Gasteiger partial charge < -0.3 is 20.1 Å².